The van der Waals surface area contributed by atoms with Crippen molar-refractivity contribution in [2.45, 2.75) is 0 Å². The molecule has 4 heteroatoms. The van der Waals surface area contributed by atoms with E-state index in [9.17, 15) is 0 Å². The van der Waals surface area contributed by atoms with Crippen LogP contribution >= 0.6 is 8.02 Å². The van der Waals surface area contributed by atoms with E-state index >= 15 is 0 Å². The zero-order valence-electron chi connectivity index (χ0n) is 1.66. The molecule has 0 rings (SSSR count). The van der Waals surface area contributed by atoms with E-state index < -0.39 is 0 Å². The molecule has 0 unspecified atom stereocenters. The minimum absolute atomic E-state index is 0. The quantitative estimate of drug-likeness (QED) is 0.427. The van der Waals surface area contributed by atoms with Gasteiger partial charge >= 0.3 is 0 Å². The van der Waals surface area contributed by atoms with Crippen LogP contribution in [0.4, 0.5) is 0 Å². The van der Waals surface area contributed by atoms with Gasteiger partial charge in [-0.25, -0.2) is 0 Å². The van der Waals surface area contributed by atoms with Crippen molar-refractivity contribution in [1.29, 1.82) is 0 Å². The van der Waals surface area contributed by atoms with Crippen LogP contribution in [0.15, 0.2) is 0 Å². The van der Waals surface area contributed by atoms with Crippen molar-refractivity contribution in [1.82, 2.24) is 0 Å². The molecule has 0 fully saturated rings. The Labute approximate surface area is 60.4 Å². The molecule has 0 aromatic heterocycles. The molecule has 0 spiro atoms. The van der Waals surface area contributed by atoms with Gasteiger partial charge in [-0.2, -0.15) is 0 Å². The van der Waals surface area contributed by atoms with Gasteiger partial charge in [0.05, 0.1) is 0 Å². The average molecular weight is 223 g/mol. The van der Waals surface area contributed by atoms with E-state index in [1.54, 1.807) is 0 Å². The van der Waals surface area contributed by atoms with Crippen LogP contribution in [0.2, 0.25) is 0 Å². The first kappa shape index (κ1) is 17.0. The molecule has 2 radical (unpaired) electrons. The average Bonchev–Trinajstić information content (AvgIpc) is 1.00. The monoisotopic (exact) mass is 222 g/mol. The summed E-state index contributed by atoms with van der Waals surface area (Å²) >= 11 is 3.89. The van der Waals surface area contributed by atoms with Crippen molar-refractivity contribution >= 4 is 19.8 Å². The molecular weight excluding hydrogens is 222 g/mol. The molecule has 4 heavy (non-hydrogen) atoms. The molecule has 0 aliphatic carbocycles. The fraction of sp³-hybridized carbons (Fsp3) is 0. The van der Waals surface area contributed by atoms with Crippen molar-refractivity contribution in [2.75, 3.05) is 0 Å². The van der Waals surface area contributed by atoms with Crippen molar-refractivity contribution in [3.05, 3.63) is 0 Å². The third-order valence-electron chi connectivity index (χ3n) is 0. The molecule has 28 valence electrons. The molecular formula is HAgPSV. The number of rotatable bonds is 0. The van der Waals surface area contributed by atoms with Crippen LogP contribution in [0.5, 0.6) is 0 Å². The third kappa shape index (κ3) is 9.14. The Morgan fingerprint density at radius 1 is 1.25 bits per heavy atom. The standard InChI is InChI=1S/Ag.HPS.V/c;1-2;/h;1H;. The summed E-state index contributed by atoms with van der Waals surface area (Å²) in [5.74, 6) is 0. The summed E-state index contributed by atoms with van der Waals surface area (Å²) in [4.78, 5) is 0. The first-order chi connectivity index (χ1) is 1.00. The van der Waals surface area contributed by atoms with Gasteiger partial charge in [0.1, 0.15) is 0 Å². The second-order valence-electron chi connectivity index (χ2n) is 0. The molecule has 0 bridgehead atoms. The second-order valence-corrected chi connectivity index (χ2v) is 0. The van der Waals surface area contributed by atoms with Crippen molar-refractivity contribution in [3.63, 3.8) is 0 Å². The fourth-order valence-corrected chi connectivity index (χ4v) is 0. The molecule has 0 heterocycles. The van der Waals surface area contributed by atoms with Gasteiger partial charge in [-0.15, -0.1) is 0 Å². The van der Waals surface area contributed by atoms with Gasteiger partial charge in [-0.1, -0.05) is 11.8 Å². The normalized spacial score (nSPS) is 1.00. The van der Waals surface area contributed by atoms with E-state index in [0.29, 0.717) is 0 Å². The molecule has 0 nitrogen and oxygen atoms in total. The van der Waals surface area contributed by atoms with Crippen LogP contribution in [-0.2, 0) is 52.7 Å². The van der Waals surface area contributed by atoms with E-state index in [-0.39, 0.29) is 40.9 Å². The minimum Gasteiger partial charge on any atom is -0.0615 e. The first-order valence-electron chi connectivity index (χ1n) is 0.204. The van der Waals surface area contributed by atoms with Gasteiger partial charge in [-0.05, 0) is 8.02 Å². The predicted octanol–water partition coefficient (Wildman–Crippen LogP) is 0.586. The maximum Gasteiger partial charge on any atom is 0 e. The smallest absolute Gasteiger partial charge is 0 e. The van der Waals surface area contributed by atoms with Gasteiger partial charge in [0.25, 0.3) is 0 Å². The molecule has 0 amide bonds. The molecule has 0 aliphatic heterocycles. The molecule has 0 aromatic rings. The summed E-state index contributed by atoms with van der Waals surface area (Å²) in [5.41, 5.74) is 0. The molecule has 0 saturated heterocycles. The predicted molar refractivity (Wildman–Crippen MR) is 15.7 cm³/mol. The van der Waals surface area contributed by atoms with Crippen molar-refractivity contribution in [3.8, 4) is 0 Å². The van der Waals surface area contributed by atoms with Crippen LogP contribution < -0.4 is 0 Å². The molecule has 0 N–H and O–H groups in total. The zero-order valence-corrected chi connectivity index (χ0v) is 6.35. The summed E-state index contributed by atoms with van der Waals surface area (Å²) in [7, 11) is 2.56. The minimum atomic E-state index is 0. The molecule has 0 aliphatic rings. The maximum atomic E-state index is 3.89. The second kappa shape index (κ2) is 21.0. The number of hydrogen-bond donors (Lipinski definition) is 0. The summed E-state index contributed by atoms with van der Waals surface area (Å²) < 4.78 is 0. The fourth-order valence-electron chi connectivity index (χ4n) is 0. The molecule has 0 saturated carbocycles. The van der Waals surface area contributed by atoms with E-state index in [1.165, 1.54) is 0 Å². The Morgan fingerprint density at radius 2 is 1.25 bits per heavy atom. The van der Waals surface area contributed by atoms with Gasteiger partial charge in [0, 0.05) is 40.9 Å². The Morgan fingerprint density at radius 3 is 1.25 bits per heavy atom. The Balaban J connectivity index is -0.00000000500. The summed E-state index contributed by atoms with van der Waals surface area (Å²) in [5, 5.41) is 0. The Bertz CT molecular complexity index is 8.00. The maximum absolute atomic E-state index is 3.89. The van der Waals surface area contributed by atoms with Crippen LogP contribution in [0.1, 0.15) is 0 Å². The van der Waals surface area contributed by atoms with Crippen molar-refractivity contribution in [2.24, 2.45) is 0 Å². The molecule has 0 atom stereocenters. The molecule has 0 aromatic carbocycles. The zero-order chi connectivity index (χ0) is 2.00. The van der Waals surface area contributed by atoms with Crippen molar-refractivity contribution < 1.29 is 40.9 Å². The van der Waals surface area contributed by atoms with Gasteiger partial charge in [0.2, 0.25) is 0 Å². The van der Waals surface area contributed by atoms with Crippen LogP contribution in [-0.4, -0.2) is 0 Å². The first-order valence-corrected chi connectivity index (χ1v) is 1.84. The largest absolute Gasteiger partial charge is 0.0615 e. The summed E-state index contributed by atoms with van der Waals surface area (Å²) in [6, 6.07) is 0. The van der Waals surface area contributed by atoms with E-state index in [0.717, 1.165) is 0 Å². The Hall–Kier alpha value is 1.84. The summed E-state index contributed by atoms with van der Waals surface area (Å²) in [6.45, 7) is 0. The third-order valence-corrected chi connectivity index (χ3v) is 0. The van der Waals surface area contributed by atoms with Gasteiger partial charge < -0.3 is 0 Å². The van der Waals surface area contributed by atoms with Crippen LogP contribution in [0, 0.1) is 0 Å². The van der Waals surface area contributed by atoms with Crippen LogP contribution in [0.25, 0.3) is 0 Å². The topological polar surface area (TPSA) is 0 Å². The van der Waals surface area contributed by atoms with E-state index in [2.05, 4.69) is 19.8 Å². The number of hydrogen-bond acceptors (Lipinski definition) is 1. The SMILES string of the molecule is P=S.[Ag].[V]. The van der Waals surface area contributed by atoms with E-state index in [4.69, 9.17) is 0 Å². The van der Waals surface area contributed by atoms with Crippen LogP contribution in [0.3, 0.4) is 0 Å². The van der Waals surface area contributed by atoms with E-state index in [1.807, 2.05) is 0 Å². The summed E-state index contributed by atoms with van der Waals surface area (Å²) in [6.07, 6.45) is 0. The Kier molecular flexibility index (Phi) is 89.2. The van der Waals surface area contributed by atoms with Gasteiger partial charge in [0.15, 0.2) is 0 Å². The van der Waals surface area contributed by atoms with Gasteiger partial charge in [-0.3, -0.25) is 0 Å².